The van der Waals surface area contributed by atoms with Crippen LogP contribution in [0.3, 0.4) is 0 Å². The molecule has 0 spiro atoms. The molecule has 3 rings (SSSR count). The average Bonchev–Trinajstić information content (AvgIpc) is 2.96. The first-order valence-corrected chi connectivity index (χ1v) is 8.26. The summed E-state index contributed by atoms with van der Waals surface area (Å²) in [6.45, 7) is 5.77. The molecule has 2 aromatic heterocycles. The lowest BCUT2D eigenvalue weighted by molar-refractivity contribution is 0.0588. The minimum Gasteiger partial charge on any atom is -0.389 e. The van der Waals surface area contributed by atoms with Crippen LogP contribution in [0.15, 0.2) is 46.2 Å². The average molecular weight is 342 g/mol. The second kappa shape index (κ2) is 6.33. The van der Waals surface area contributed by atoms with Crippen molar-refractivity contribution in [2.24, 2.45) is 0 Å². The highest BCUT2D eigenvalue weighted by molar-refractivity contribution is 5.70. The van der Waals surface area contributed by atoms with Crippen molar-refractivity contribution in [1.29, 1.82) is 0 Å². The molecule has 1 N–H and O–H groups in total. The molecule has 0 fully saturated rings. The quantitative estimate of drug-likeness (QED) is 0.755. The van der Waals surface area contributed by atoms with E-state index in [2.05, 4.69) is 4.98 Å². The number of rotatable bonds is 5. The minimum absolute atomic E-state index is 0.0723. The third kappa shape index (κ3) is 3.28. The van der Waals surface area contributed by atoms with E-state index in [1.807, 2.05) is 37.3 Å². The Labute approximate surface area is 144 Å². The number of nitrogens with zero attached hydrogens (tertiary/aromatic N) is 4. The van der Waals surface area contributed by atoms with Gasteiger partial charge in [-0.25, -0.2) is 9.78 Å². The number of fused-ring (bicyclic) bond motifs is 1. The van der Waals surface area contributed by atoms with Gasteiger partial charge in [-0.05, 0) is 26.3 Å². The third-order valence-corrected chi connectivity index (χ3v) is 4.04. The van der Waals surface area contributed by atoms with E-state index in [4.69, 9.17) is 0 Å². The zero-order valence-electron chi connectivity index (χ0n) is 14.6. The molecular weight excluding hydrogens is 320 g/mol. The summed E-state index contributed by atoms with van der Waals surface area (Å²) in [4.78, 5) is 29.9. The zero-order valence-corrected chi connectivity index (χ0v) is 14.6. The van der Waals surface area contributed by atoms with Crippen LogP contribution in [-0.2, 0) is 19.6 Å². The van der Waals surface area contributed by atoms with Crippen molar-refractivity contribution in [3.05, 3.63) is 63.1 Å². The lowest BCUT2D eigenvalue weighted by Gasteiger charge is -2.19. The first-order chi connectivity index (χ1) is 11.8. The minimum atomic E-state index is -1.17. The maximum Gasteiger partial charge on any atom is 0.332 e. The number of benzene rings is 1. The molecule has 7 heteroatoms. The first kappa shape index (κ1) is 17.2. The van der Waals surface area contributed by atoms with Crippen molar-refractivity contribution in [3.8, 4) is 0 Å². The largest absolute Gasteiger partial charge is 0.389 e. The lowest BCUT2D eigenvalue weighted by atomic mass is 10.1. The first-order valence-electron chi connectivity index (χ1n) is 8.26. The molecule has 25 heavy (non-hydrogen) atoms. The Hall–Kier alpha value is -2.67. The summed E-state index contributed by atoms with van der Waals surface area (Å²) in [7, 11) is 0. The molecule has 0 aliphatic rings. The van der Waals surface area contributed by atoms with Gasteiger partial charge < -0.3 is 9.67 Å². The van der Waals surface area contributed by atoms with Gasteiger partial charge >= 0.3 is 5.69 Å². The Morgan fingerprint density at radius 2 is 1.80 bits per heavy atom. The summed E-state index contributed by atoms with van der Waals surface area (Å²) in [5.41, 5.74) is -0.279. The topological polar surface area (TPSA) is 82.0 Å². The van der Waals surface area contributed by atoms with Crippen LogP contribution in [0.2, 0.25) is 0 Å². The molecule has 0 saturated carbocycles. The molecule has 0 aliphatic carbocycles. The maximum absolute atomic E-state index is 12.9. The van der Waals surface area contributed by atoms with E-state index in [0.717, 1.165) is 10.1 Å². The fourth-order valence-corrected chi connectivity index (χ4v) is 2.95. The van der Waals surface area contributed by atoms with Crippen molar-refractivity contribution in [2.75, 3.05) is 0 Å². The fraction of sp³-hybridized carbons (Fsp3) is 0.389. The molecule has 0 radical (unpaired) electrons. The molecule has 0 bridgehead atoms. The molecule has 1 aromatic carbocycles. The van der Waals surface area contributed by atoms with Crippen molar-refractivity contribution in [3.63, 3.8) is 0 Å². The van der Waals surface area contributed by atoms with Crippen LogP contribution >= 0.6 is 0 Å². The van der Waals surface area contributed by atoms with Crippen LogP contribution < -0.4 is 11.2 Å². The summed E-state index contributed by atoms with van der Waals surface area (Å²) < 4.78 is 4.30. The van der Waals surface area contributed by atoms with E-state index >= 15 is 0 Å². The van der Waals surface area contributed by atoms with E-state index < -0.39 is 16.9 Å². The van der Waals surface area contributed by atoms with E-state index in [0.29, 0.717) is 24.3 Å². The molecule has 0 aliphatic heterocycles. The van der Waals surface area contributed by atoms with Crippen molar-refractivity contribution in [1.82, 2.24) is 18.7 Å². The van der Waals surface area contributed by atoms with Crippen LogP contribution in [0.25, 0.3) is 11.2 Å². The van der Waals surface area contributed by atoms with Gasteiger partial charge in [0.05, 0.1) is 18.5 Å². The van der Waals surface area contributed by atoms with Gasteiger partial charge in [-0.15, -0.1) is 0 Å². The van der Waals surface area contributed by atoms with Crippen molar-refractivity contribution in [2.45, 2.75) is 46.0 Å². The van der Waals surface area contributed by atoms with Crippen LogP contribution in [-0.4, -0.2) is 29.4 Å². The molecule has 2 heterocycles. The third-order valence-electron chi connectivity index (χ3n) is 4.04. The van der Waals surface area contributed by atoms with Gasteiger partial charge in [-0.3, -0.25) is 13.9 Å². The van der Waals surface area contributed by atoms with E-state index in [1.165, 1.54) is 4.57 Å². The maximum atomic E-state index is 12.9. The predicted molar refractivity (Wildman–Crippen MR) is 95.8 cm³/mol. The second-order valence-electron chi connectivity index (χ2n) is 6.76. The number of hydrogen-bond acceptors (Lipinski definition) is 4. The summed E-state index contributed by atoms with van der Waals surface area (Å²) in [5, 5.41) is 10.1. The highest BCUT2D eigenvalue weighted by Crippen LogP contribution is 2.11. The molecule has 0 saturated heterocycles. The number of aryl methyl sites for hydroxylation is 1. The molecule has 0 amide bonds. The van der Waals surface area contributed by atoms with Gasteiger partial charge in [-0.1, -0.05) is 30.3 Å². The Kier molecular flexibility index (Phi) is 4.34. The van der Waals surface area contributed by atoms with E-state index in [1.54, 1.807) is 24.7 Å². The molecular formula is C18H22N4O3. The van der Waals surface area contributed by atoms with E-state index in [9.17, 15) is 14.7 Å². The monoisotopic (exact) mass is 342 g/mol. The number of imidazole rings is 1. The highest BCUT2D eigenvalue weighted by atomic mass is 16.3. The summed E-state index contributed by atoms with van der Waals surface area (Å²) >= 11 is 0. The van der Waals surface area contributed by atoms with Crippen LogP contribution in [0.5, 0.6) is 0 Å². The molecule has 0 atom stereocenters. The van der Waals surface area contributed by atoms with Crippen LogP contribution in [0.1, 0.15) is 26.3 Å². The standard InChI is InChI=1S/C18H22N4O3/c1-4-21-15-14(16(23)22(17(21)24)11-18(2,3)25)20(12-19-15)10-13-8-6-5-7-9-13/h5-9,12,25H,4,10-11H2,1-3H3. The van der Waals surface area contributed by atoms with Crippen LogP contribution in [0.4, 0.5) is 0 Å². The Bertz CT molecular complexity index is 1010. The fourth-order valence-electron chi connectivity index (χ4n) is 2.95. The van der Waals surface area contributed by atoms with Gasteiger partial charge in [0.15, 0.2) is 11.2 Å². The van der Waals surface area contributed by atoms with Gasteiger partial charge in [0.25, 0.3) is 5.56 Å². The van der Waals surface area contributed by atoms with Gasteiger partial charge in [-0.2, -0.15) is 0 Å². The number of hydrogen-bond donors (Lipinski definition) is 1. The van der Waals surface area contributed by atoms with Crippen LogP contribution in [0, 0.1) is 0 Å². The van der Waals surface area contributed by atoms with Gasteiger partial charge in [0.1, 0.15) is 0 Å². The van der Waals surface area contributed by atoms with Crippen molar-refractivity contribution < 1.29 is 5.11 Å². The highest BCUT2D eigenvalue weighted by Gasteiger charge is 2.22. The number of aromatic nitrogens is 4. The lowest BCUT2D eigenvalue weighted by Crippen LogP contribution is -2.45. The molecule has 3 aromatic rings. The van der Waals surface area contributed by atoms with Gasteiger partial charge in [0.2, 0.25) is 0 Å². The SMILES string of the molecule is CCn1c(=O)n(CC(C)(C)O)c(=O)c2c1ncn2Cc1ccccc1. The predicted octanol–water partition coefficient (Wildman–Crippen LogP) is 1.20. The Balaban J connectivity index is 2.24. The van der Waals surface area contributed by atoms with E-state index in [-0.39, 0.29) is 6.54 Å². The zero-order chi connectivity index (χ0) is 18.2. The Morgan fingerprint density at radius 3 is 2.40 bits per heavy atom. The molecule has 0 unspecified atom stereocenters. The van der Waals surface area contributed by atoms with Gasteiger partial charge in [0, 0.05) is 13.1 Å². The summed E-state index contributed by atoms with van der Waals surface area (Å²) in [5.74, 6) is 0. The van der Waals surface area contributed by atoms with Crippen molar-refractivity contribution >= 4 is 11.2 Å². The summed E-state index contributed by atoms with van der Waals surface area (Å²) in [6.07, 6.45) is 1.58. The normalized spacial score (nSPS) is 12.0. The number of aliphatic hydroxyl groups is 1. The Morgan fingerprint density at radius 1 is 1.12 bits per heavy atom. The second-order valence-corrected chi connectivity index (χ2v) is 6.76. The molecule has 7 nitrogen and oxygen atoms in total. The summed E-state index contributed by atoms with van der Waals surface area (Å²) in [6, 6.07) is 9.74. The molecule has 132 valence electrons. The smallest absolute Gasteiger partial charge is 0.332 e.